The SMILES string of the molecule is CCNc1ncnc(-n2cc(Br)cn2)c1OC. The van der Waals surface area contributed by atoms with E-state index in [0.29, 0.717) is 17.4 Å². The lowest BCUT2D eigenvalue weighted by atomic mass is 10.4. The number of halogens is 1. The number of nitrogens with zero attached hydrogens (tertiary/aromatic N) is 4. The van der Waals surface area contributed by atoms with Crippen LogP contribution in [0.25, 0.3) is 5.82 Å². The molecule has 0 spiro atoms. The molecule has 2 aromatic rings. The second kappa shape index (κ2) is 5.13. The Kier molecular flexibility index (Phi) is 3.58. The van der Waals surface area contributed by atoms with E-state index in [4.69, 9.17) is 4.74 Å². The summed E-state index contributed by atoms with van der Waals surface area (Å²) in [4.78, 5) is 8.31. The number of methoxy groups -OCH3 is 1. The number of nitrogens with one attached hydrogen (secondary N) is 1. The third-order valence-electron chi connectivity index (χ3n) is 2.10. The van der Waals surface area contributed by atoms with Crippen molar-refractivity contribution >= 4 is 21.7 Å². The summed E-state index contributed by atoms with van der Waals surface area (Å²) in [5.74, 6) is 1.83. The summed E-state index contributed by atoms with van der Waals surface area (Å²) in [7, 11) is 1.58. The van der Waals surface area contributed by atoms with Gasteiger partial charge in [0.2, 0.25) is 11.6 Å². The van der Waals surface area contributed by atoms with Crippen LogP contribution in [0.3, 0.4) is 0 Å². The first-order valence-corrected chi connectivity index (χ1v) is 5.89. The molecule has 17 heavy (non-hydrogen) atoms. The van der Waals surface area contributed by atoms with Crippen LogP contribution in [0, 0.1) is 0 Å². The largest absolute Gasteiger partial charge is 0.490 e. The standard InChI is InChI=1S/C10H12BrN5O/c1-3-12-9-8(17-2)10(14-6-13-9)16-5-7(11)4-15-16/h4-6H,3H2,1-2H3,(H,12,13,14). The molecule has 0 atom stereocenters. The fourth-order valence-electron chi connectivity index (χ4n) is 1.43. The summed E-state index contributed by atoms with van der Waals surface area (Å²) in [6.07, 6.45) is 4.97. The van der Waals surface area contributed by atoms with E-state index in [9.17, 15) is 0 Å². The molecule has 2 heterocycles. The van der Waals surface area contributed by atoms with Gasteiger partial charge in [-0.25, -0.2) is 14.6 Å². The van der Waals surface area contributed by atoms with E-state index in [2.05, 4.69) is 36.3 Å². The predicted molar refractivity (Wildman–Crippen MR) is 67.6 cm³/mol. The molecular formula is C10H12BrN5O. The topological polar surface area (TPSA) is 64.9 Å². The molecule has 0 aromatic carbocycles. The van der Waals surface area contributed by atoms with Crippen LogP contribution in [0.4, 0.5) is 5.82 Å². The van der Waals surface area contributed by atoms with Gasteiger partial charge in [-0.15, -0.1) is 0 Å². The monoisotopic (exact) mass is 297 g/mol. The molecule has 0 saturated heterocycles. The van der Waals surface area contributed by atoms with E-state index in [1.807, 2.05) is 6.92 Å². The number of anilines is 1. The van der Waals surface area contributed by atoms with Gasteiger partial charge in [0, 0.05) is 12.7 Å². The van der Waals surface area contributed by atoms with Gasteiger partial charge in [-0.3, -0.25) is 0 Å². The zero-order chi connectivity index (χ0) is 12.3. The number of ether oxygens (including phenoxy) is 1. The summed E-state index contributed by atoms with van der Waals surface area (Å²) in [5, 5.41) is 7.28. The normalized spacial score (nSPS) is 10.3. The van der Waals surface area contributed by atoms with Gasteiger partial charge in [-0.2, -0.15) is 5.10 Å². The second-order valence-electron chi connectivity index (χ2n) is 3.21. The number of hydrogen-bond donors (Lipinski definition) is 1. The molecule has 0 saturated carbocycles. The Morgan fingerprint density at radius 2 is 2.29 bits per heavy atom. The van der Waals surface area contributed by atoms with Crippen LogP contribution < -0.4 is 10.1 Å². The van der Waals surface area contributed by atoms with Crippen LogP contribution >= 0.6 is 15.9 Å². The van der Waals surface area contributed by atoms with Crippen molar-refractivity contribution in [3.63, 3.8) is 0 Å². The summed E-state index contributed by atoms with van der Waals surface area (Å²) in [6, 6.07) is 0. The molecule has 2 rings (SSSR count). The summed E-state index contributed by atoms with van der Waals surface area (Å²) >= 11 is 3.34. The Balaban J connectivity index is 2.49. The highest BCUT2D eigenvalue weighted by Crippen LogP contribution is 2.27. The predicted octanol–water partition coefficient (Wildman–Crippen LogP) is 1.87. The van der Waals surface area contributed by atoms with E-state index in [1.165, 1.54) is 6.33 Å². The highest BCUT2D eigenvalue weighted by molar-refractivity contribution is 9.10. The van der Waals surface area contributed by atoms with Crippen molar-refractivity contribution in [1.29, 1.82) is 0 Å². The maximum absolute atomic E-state index is 5.33. The Hall–Kier alpha value is -1.63. The fourth-order valence-corrected chi connectivity index (χ4v) is 1.71. The van der Waals surface area contributed by atoms with Gasteiger partial charge in [-0.1, -0.05) is 0 Å². The fraction of sp³-hybridized carbons (Fsp3) is 0.300. The molecule has 0 aliphatic heterocycles. The zero-order valence-corrected chi connectivity index (χ0v) is 11.1. The van der Waals surface area contributed by atoms with Crippen LogP contribution in [0.5, 0.6) is 5.75 Å². The average molecular weight is 298 g/mol. The van der Waals surface area contributed by atoms with Crippen LogP contribution in [0.1, 0.15) is 6.92 Å². The van der Waals surface area contributed by atoms with Gasteiger partial charge >= 0.3 is 0 Å². The third kappa shape index (κ3) is 2.38. The van der Waals surface area contributed by atoms with Gasteiger partial charge in [0.15, 0.2) is 5.82 Å². The van der Waals surface area contributed by atoms with Crippen molar-refractivity contribution < 1.29 is 4.74 Å². The first-order valence-electron chi connectivity index (χ1n) is 5.09. The molecule has 0 aliphatic rings. The Labute approximate surface area is 107 Å². The number of hydrogen-bond acceptors (Lipinski definition) is 5. The summed E-state index contributed by atoms with van der Waals surface area (Å²) in [5.41, 5.74) is 0. The molecule has 1 N–H and O–H groups in total. The number of rotatable bonds is 4. The maximum atomic E-state index is 5.33. The van der Waals surface area contributed by atoms with Crippen molar-refractivity contribution in [2.75, 3.05) is 19.0 Å². The third-order valence-corrected chi connectivity index (χ3v) is 2.51. The maximum Gasteiger partial charge on any atom is 0.206 e. The minimum Gasteiger partial charge on any atom is -0.490 e. The van der Waals surface area contributed by atoms with Crippen molar-refractivity contribution in [2.24, 2.45) is 0 Å². The number of aromatic nitrogens is 4. The van der Waals surface area contributed by atoms with Crippen LogP contribution in [0.2, 0.25) is 0 Å². The van der Waals surface area contributed by atoms with Crippen molar-refractivity contribution in [2.45, 2.75) is 6.92 Å². The Morgan fingerprint density at radius 1 is 1.47 bits per heavy atom. The second-order valence-corrected chi connectivity index (χ2v) is 4.13. The summed E-state index contributed by atoms with van der Waals surface area (Å²) in [6.45, 7) is 2.75. The molecule has 0 unspecified atom stereocenters. The molecular weight excluding hydrogens is 286 g/mol. The minimum atomic E-state index is 0.574. The van der Waals surface area contributed by atoms with Crippen LogP contribution in [-0.2, 0) is 0 Å². The zero-order valence-electron chi connectivity index (χ0n) is 9.51. The van der Waals surface area contributed by atoms with E-state index >= 15 is 0 Å². The highest BCUT2D eigenvalue weighted by atomic mass is 79.9. The molecule has 0 aliphatic carbocycles. The minimum absolute atomic E-state index is 0.574. The van der Waals surface area contributed by atoms with Gasteiger partial charge in [0.1, 0.15) is 6.33 Å². The van der Waals surface area contributed by atoms with E-state index in [1.54, 1.807) is 24.2 Å². The van der Waals surface area contributed by atoms with Crippen molar-refractivity contribution in [3.8, 4) is 11.6 Å². The molecule has 0 radical (unpaired) electrons. The molecule has 2 aromatic heterocycles. The molecule has 90 valence electrons. The van der Waals surface area contributed by atoms with E-state index in [0.717, 1.165) is 11.0 Å². The molecule has 0 bridgehead atoms. The van der Waals surface area contributed by atoms with Crippen molar-refractivity contribution in [3.05, 3.63) is 23.2 Å². The first kappa shape index (κ1) is 11.8. The van der Waals surface area contributed by atoms with E-state index < -0.39 is 0 Å². The van der Waals surface area contributed by atoms with Crippen molar-refractivity contribution in [1.82, 2.24) is 19.7 Å². The first-order chi connectivity index (χ1) is 8.26. The average Bonchev–Trinajstić information content (AvgIpc) is 2.76. The lowest BCUT2D eigenvalue weighted by Crippen LogP contribution is -2.07. The molecule has 0 amide bonds. The van der Waals surface area contributed by atoms with Crippen LogP contribution in [-0.4, -0.2) is 33.4 Å². The Bertz CT molecular complexity index is 513. The molecule has 0 fully saturated rings. The van der Waals surface area contributed by atoms with Gasteiger partial charge in [0.25, 0.3) is 0 Å². The Morgan fingerprint density at radius 3 is 2.88 bits per heavy atom. The summed E-state index contributed by atoms with van der Waals surface area (Å²) < 4.78 is 7.84. The van der Waals surface area contributed by atoms with Gasteiger partial charge < -0.3 is 10.1 Å². The highest BCUT2D eigenvalue weighted by Gasteiger charge is 2.13. The lowest BCUT2D eigenvalue weighted by molar-refractivity contribution is 0.409. The van der Waals surface area contributed by atoms with Gasteiger partial charge in [0.05, 0.1) is 17.8 Å². The van der Waals surface area contributed by atoms with Gasteiger partial charge in [-0.05, 0) is 22.9 Å². The van der Waals surface area contributed by atoms with Crippen LogP contribution in [0.15, 0.2) is 23.2 Å². The lowest BCUT2D eigenvalue weighted by Gasteiger charge is -2.11. The molecule has 6 nitrogen and oxygen atoms in total. The van der Waals surface area contributed by atoms with E-state index in [-0.39, 0.29) is 0 Å². The smallest absolute Gasteiger partial charge is 0.206 e. The quantitative estimate of drug-likeness (QED) is 0.933. The molecule has 7 heteroatoms.